The zero-order chi connectivity index (χ0) is 12.8. The lowest BCUT2D eigenvalue weighted by Crippen LogP contribution is -2.20. The summed E-state index contributed by atoms with van der Waals surface area (Å²) < 4.78 is 0. The van der Waals surface area contributed by atoms with Crippen LogP contribution < -0.4 is 0 Å². The summed E-state index contributed by atoms with van der Waals surface area (Å²) in [6.45, 7) is 1.98. The van der Waals surface area contributed by atoms with Gasteiger partial charge in [-0.25, -0.2) is 4.98 Å². The van der Waals surface area contributed by atoms with Crippen LogP contribution in [0.25, 0.3) is 0 Å². The number of hydrogen-bond donors (Lipinski definition) is 0. The van der Waals surface area contributed by atoms with E-state index in [4.69, 9.17) is 11.6 Å². The van der Waals surface area contributed by atoms with Gasteiger partial charge in [0.05, 0.1) is 0 Å². The van der Waals surface area contributed by atoms with Crippen molar-refractivity contribution in [2.45, 2.75) is 13.0 Å². The highest BCUT2D eigenvalue weighted by Crippen LogP contribution is 2.09. The third-order valence-corrected chi connectivity index (χ3v) is 3.08. The Bertz CT molecular complexity index is 485. The van der Waals surface area contributed by atoms with Crippen LogP contribution in [-0.4, -0.2) is 23.5 Å². The summed E-state index contributed by atoms with van der Waals surface area (Å²) in [5, 5.41) is 0.568. The zero-order valence-corrected chi connectivity index (χ0v) is 11.3. The van der Waals surface area contributed by atoms with E-state index in [2.05, 4.69) is 41.2 Å². The smallest absolute Gasteiger partial charge is 0.129 e. The molecule has 0 radical (unpaired) electrons. The van der Waals surface area contributed by atoms with Crippen LogP contribution in [0.1, 0.15) is 11.1 Å². The summed E-state index contributed by atoms with van der Waals surface area (Å²) in [4.78, 5) is 6.30. The number of halogens is 1. The van der Waals surface area contributed by atoms with Crippen molar-refractivity contribution in [3.05, 3.63) is 64.9 Å². The number of benzene rings is 1. The topological polar surface area (TPSA) is 16.1 Å². The van der Waals surface area contributed by atoms with Gasteiger partial charge < -0.3 is 4.90 Å². The SMILES string of the molecule is CN(CCc1ccnc(Cl)c1)Cc1ccccc1. The molecule has 0 atom stereocenters. The summed E-state index contributed by atoms with van der Waals surface area (Å²) in [5.74, 6) is 0. The van der Waals surface area contributed by atoms with Crippen molar-refractivity contribution in [3.8, 4) is 0 Å². The van der Waals surface area contributed by atoms with Gasteiger partial charge >= 0.3 is 0 Å². The van der Waals surface area contributed by atoms with Gasteiger partial charge in [-0.2, -0.15) is 0 Å². The minimum Gasteiger partial charge on any atom is -0.302 e. The second-order valence-corrected chi connectivity index (χ2v) is 4.85. The minimum atomic E-state index is 0.568. The predicted molar refractivity (Wildman–Crippen MR) is 75.7 cm³/mol. The lowest BCUT2D eigenvalue weighted by Gasteiger charge is -2.16. The van der Waals surface area contributed by atoms with Gasteiger partial charge in [-0.3, -0.25) is 0 Å². The molecular weight excluding hydrogens is 244 g/mol. The van der Waals surface area contributed by atoms with E-state index in [-0.39, 0.29) is 0 Å². The lowest BCUT2D eigenvalue weighted by molar-refractivity contribution is 0.331. The fourth-order valence-electron chi connectivity index (χ4n) is 1.89. The summed E-state index contributed by atoms with van der Waals surface area (Å²) in [5.41, 5.74) is 2.57. The van der Waals surface area contributed by atoms with E-state index in [0.717, 1.165) is 19.5 Å². The Morgan fingerprint density at radius 1 is 1.11 bits per heavy atom. The zero-order valence-electron chi connectivity index (χ0n) is 10.5. The Hall–Kier alpha value is -1.38. The molecule has 1 heterocycles. The maximum Gasteiger partial charge on any atom is 0.129 e. The van der Waals surface area contributed by atoms with Crippen molar-refractivity contribution in [1.82, 2.24) is 9.88 Å². The standard InChI is InChI=1S/C15H17ClN2/c1-18(12-14-5-3-2-4-6-14)10-8-13-7-9-17-15(16)11-13/h2-7,9,11H,8,10,12H2,1H3. The maximum atomic E-state index is 5.87. The van der Waals surface area contributed by atoms with Gasteiger partial charge in [0.2, 0.25) is 0 Å². The molecule has 0 unspecified atom stereocenters. The molecule has 0 aliphatic heterocycles. The molecule has 3 heteroatoms. The maximum absolute atomic E-state index is 5.87. The number of hydrogen-bond acceptors (Lipinski definition) is 2. The summed E-state index contributed by atoms with van der Waals surface area (Å²) in [6.07, 6.45) is 2.75. The Labute approximate surface area is 113 Å². The largest absolute Gasteiger partial charge is 0.302 e. The molecule has 2 nitrogen and oxygen atoms in total. The van der Waals surface area contributed by atoms with E-state index >= 15 is 0 Å². The molecule has 0 fully saturated rings. The molecule has 1 aromatic carbocycles. The normalized spacial score (nSPS) is 10.8. The van der Waals surface area contributed by atoms with Crippen molar-refractivity contribution < 1.29 is 0 Å². The number of nitrogens with zero attached hydrogens (tertiary/aromatic N) is 2. The number of pyridine rings is 1. The van der Waals surface area contributed by atoms with E-state index in [1.165, 1.54) is 11.1 Å². The van der Waals surface area contributed by atoms with E-state index in [1.54, 1.807) is 6.20 Å². The molecule has 18 heavy (non-hydrogen) atoms. The number of rotatable bonds is 5. The quantitative estimate of drug-likeness (QED) is 0.766. The van der Waals surface area contributed by atoms with Crippen LogP contribution in [0.3, 0.4) is 0 Å². The molecule has 0 N–H and O–H groups in total. The minimum absolute atomic E-state index is 0.568. The summed E-state index contributed by atoms with van der Waals surface area (Å²) >= 11 is 5.87. The van der Waals surface area contributed by atoms with Crippen LogP contribution >= 0.6 is 11.6 Å². The van der Waals surface area contributed by atoms with Gasteiger partial charge in [0.1, 0.15) is 5.15 Å². The van der Waals surface area contributed by atoms with Crippen LogP contribution in [0.15, 0.2) is 48.7 Å². The average molecular weight is 261 g/mol. The van der Waals surface area contributed by atoms with Crippen LogP contribution in [-0.2, 0) is 13.0 Å². The fourth-order valence-corrected chi connectivity index (χ4v) is 2.09. The second kappa shape index (κ2) is 6.53. The molecule has 0 amide bonds. The summed E-state index contributed by atoms with van der Waals surface area (Å²) in [7, 11) is 2.13. The monoisotopic (exact) mass is 260 g/mol. The van der Waals surface area contributed by atoms with Gasteiger partial charge in [0.25, 0.3) is 0 Å². The van der Waals surface area contributed by atoms with Gasteiger partial charge in [-0.05, 0) is 36.7 Å². The highest BCUT2D eigenvalue weighted by Gasteiger charge is 2.01. The van der Waals surface area contributed by atoms with Crippen LogP contribution in [0.2, 0.25) is 5.15 Å². The van der Waals surface area contributed by atoms with E-state index < -0.39 is 0 Å². The van der Waals surface area contributed by atoms with Gasteiger partial charge in [0, 0.05) is 19.3 Å². The molecule has 0 saturated heterocycles. The lowest BCUT2D eigenvalue weighted by atomic mass is 10.2. The van der Waals surface area contributed by atoms with Crippen molar-refractivity contribution in [3.63, 3.8) is 0 Å². The first-order valence-corrected chi connectivity index (χ1v) is 6.45. The number of aromatic nitrogens is 1. The van der Waals surface area contributed by atoms with Crippen LogP contribution in [0.5, 0.6) is 0 Å². The molecule has 0 aliphatic rings. The van der Waals surface area contributed by atoms with Gasteiger partial charge in [-0.1, -0.05) is 41.9 Å². The van der Waals surface area contributed by atoms with Crippen molar-refractivity contribution in [2.75, 3.05) is 13.6 Å². The molecule has 2 aromatic rings. The van der Waals surface area contributed by atoms with Crippen molar-refractivity contribution >= 4 is 11.6 Å². The average Bonchev–Trinajstić information content (AvgIpc) is 2.38. The Morgan fingerprint density at radius 3 is 2.61 bits per heavy atom. The predicted octanol–water partition coefficient (Wildman–Crippen LogP) is 3.41. The molecule has 0 spiro atoms. The van der Waals surface area contributed by atoms with Crippen molar-refractivity contribution in [1.29, 1.82) is 0 Å². The first-order chi connectivity index (χ1) is 8.74. The van der Waals surface area contributed by atoms with Crippen LogP contribution in [0.4, 0.5) is 0 Å². The van der Waals surface area contributed by atoms with Gasteiger partial charge in [0.15, 0.2) is 0 Å². The second-order valence-electron chi connectivity index (χ2n) is 4.46. The van der Waals surface area contributed by atoms with E-state index in [9.17, 15) is 0 Å². The van der Waals surface area contributed by atoms with Gasteiger partial charge in [-0.15, -0.1) is 0 Å². The van der Waals surface area contributed by atoms with Crippen LogP contribution in [0, 0.1) is 0 Å². The van der Waals surface area contributed by atoms with E-state index in [1.807, 2.05) is 18.2 Å². The number of likely N-dealkylation sites (N-methyl/N-ethyl adjacent to an activating group) is 1. The fraction of sp³-hybridized carbons (Fsp3) is 0.267. The molecule has 2 rings (SSSR count). The molecular formula is C15H17ClN2. The highest BCUT2D eigenvalue weighted by molar-refractivity contribution is 6.29. The third kappa shape index (κ3) is 4.13. The molecule has 0 aliphatic carbocycles. The molecule has 0 bridgehead atoms. The Morgan fingerprint density at radius 2 is 1.89 bits per heavy atom. The van der Waals surface area contributed by atoms with Crippen molar-refractivity contribution in [2.24, 2.45) is 0 Å². The Kier molecular flexibility index (Phi) is 4.73. The first-order valence-electron chi connectivity index (χ1n) is 6.07. The first kappa shape index (κ1) is 13.1. The molecule has 1 aromatic heterocycles. The third-order valence-electron chi connectivity index (χ3n) is 2.87. The summed E-state index contributed by atoms with van der Waals surface area (Å²) in [6, 6.07) is 14.4. The molecule has 94 valence electrons. The Balaban J connectivity index is 1.83. The van der Waals surface area contributed by atoms with E-state index in [0.29, 0.717) is 5.15 Å². The highest BCUT2D eigenvalue weighted by atomic mass is 35.5. The molecule has 0 saturated carbocycles.